The van der Waals surface area contributed by atoms with Crippen molar-refractivity contribution >= 4 is 24.7 Å². The first-order valence-corrected chi connectivity index (χ1v) is 17.5. The molecule has 0 spiro atoms. The summed E-state index contributed by atoms with van der Waals surface area (Å²) >= 11 is 0. The molecule has 0 bridgehead atoms. The number of hydrogen-bond donors (Lipinski definition) is 0. The molecule has 0 radical (unpaired) electrons. The van der Waals surface area contributed by atoms with Gasteiger partial charge in [-0.05, 0) is 46.1 Å². The summed E-state index contributed by atoms with van der Waals surface area (Å²) in [4.78, 5) is 0. The Labute approximate surface area is 142 Å². The van der Waals surface area contributed by atoms with Crippen LogP contribution in [0.1, 0.15) is 20.3 Å². The number of alkyl halides is 3. The minimum absolute atomic E-state index is 0.0164. The molecular weight excluding hydrogens is 353 g/mol. The lowest BCUT2D eigenvalue weighted by Gasteiger charge is -2.46. The van der Waals surface area contributed by atoms with Crippen molar-refractivity contribution in [2.75, 3.05) is 0 Å². The highest BCUT2D eigenvalue weighted by Gasteiger charge is 2.52. The van der Waals surface area contributed by atoms with Gasteiger partial charge in [0.25, 0.3) is 8.32 Å². The molecule has 0 saturated heterocycles. The van der Waals surface area contributed by atoms with Crippen LogP contribution in [0.2, 0.25) is 51.9 Å². The van der Waals surface area contributed by atoms with Crippen molar-refractivity contribution in [1.29, 1.82) is 0 Å². The number of rotatable bonds is 8. The SMILES string of the molecule is C=C(O[Si](C)(CCC(F)(F)F)C(C)(C)O[Si](C)(C)C)[Si](C)(C)C. The van der Waals surface area contributed by atoms with Gasteiger partial charge in [-0.15, -0.1) is 0 Å². The van der Waals surface area contributed by atoms with Gasteiger partial charge in [0.2, 0.25) is 0 Å². The summed E-state index contributed by atoms with van der Waals surface area (Å²) < 4.78 is 50.9. The minimum Gasteiger partial charge on any atom is -0.548 e. The van der Waals surface area contributed by atoms with E-state index < -0.39 is 42.5 Å². The second-order valence-electron chi connectivity index (χ2n) is 8.85. The van der Waals surface area contributed by atoms with E-state index in [9.17, 15) is 13.2 Å². The van der Waals surface area contributed by atoms with Crippen LogP contribution in [0, 0.1) is 0 Å². The van der Waals surface area contributed by atoms with E-state index in [1.807, 2.05) is 40.0 Å². The fraction of sp³-hybridized carbons (Fsp3) is 0.867. The largest absolute Gasteiger partial charge is 0.548 e. The molecule has 0 aromatic carbocycles. The van der Waals surface area contributed by atoms with E-state index in [0.717, 1.165) is 0 Å². The lowest BCUT2D eigenvalue weighted by Crippen LogP contribution is -2.60. The van der Waals surface area contributed by atoms with Gasteiger partial charge < -0.3 is 8.85 Å². The minimum atomic E-state index is -4.19. The molecule has 0 aromatic rings. The van der Waals surface area contributed by atoms with E-state index in [2.05, 4.69) is 26.2 Å². The Morgan fingerprint density at radius 2 is 1.39 bits per heavy atom. The van der Waals surface area contributed by atoms with E-state index in [4.69, 9.17) is 8.85 Å². The zero-order valence-electron chi connectivity index (χ0n) is 16.1. The van der Waals surface area contributed by atoms with Crippen molar-refractivity contribution in [3.8, 4) is 0 Å². The quantitative estimate of drug-likeness (QED) is 0.371. The molecular formula is C15H33F3O2Si3. The van der Waals surface area contributed by atoms with Gasteiger partial charge in [-0.25, -0.2) is 0 Å². The Bertz CT molecular complexity index is 423. The van der Waals surface area contributed by atoms with Crippen molar-refractivity contribution in [3.63, 3.8) is 0 Å². The fourth-order valence-corrected chi connectivity index (χ4v) is 9.62. The van der Waals surface area contributed by atoms with E-state index in [-0.39, 0.29) is 6.04 Å². The summed E-state index contributed by atoms with van der Waals surface area (Å²) in [5.74, 6) is 0. The summed E-state index contributed by atoms with van der Waals surface area (Å²) in [5.41, 5.74) is 0. The topological polar surface area (TPSA) is 18.5 Å². The maximum absolute atomic E-state index is 12.8. The predicted octanol–water partition coefficient (Wildman–Crippen LogP) is 6.09. The van der Waals surface area contributed by atoms with Gasteiger partial charge in [0.05, 0.1) is 10.6 Å². The van der Waals surface area contributed by atoms with Crippen LogP contribution in [-0.2, 0) is 8.85 Å². The Morgan fingerprint density at radius 1 is 0.957 bits per heavy atom. The van der Waals surface area contributed by atoms with Crippen LogP contribution in [0.25, 0.3) is 0 Å². The molecule has 1 atom stereocenters. The second kappa shape index (κ2) is 7.05. The van der Waals surface area contributed by atoms with Crippen molar-refractivity contribution in [3.05, 3.63) is 12.0 Å². The standard InChI is InChI=1S/C15H33F3O2Si3/c1-13(21(4,5)6)19-23(10,12-11-15(16,17)18)14(2,3)20-22(7,8)9/h1,11-12H2,2-10H3. The first-order chi connectivity index (χ1) is 9.79. The Balaban J connectivity index is 5.56. The van der Waals surface area contributed by atoms with E-state index in [0.29, 0.717) is 5.38 Å². The second-order valence-corrected chi connectivity index (χ2v) is 22.7. The van der Waals surface area contributed by atoms with Crippen LogP contribution in [0.15, 0.2) is 12.0 Å². The third-order valence-corrected chi connectivity index (χ3v) is 11.8. The van der Waals surface area contributed by atoms with E-state index in [1.165, 1.54) is 0 Å². The van der Waals surface area contributed by atoms with Crippen LogP contribution in [0.5, 0.6) is 0 Å². The highest BCUT2D eigenvalue weighted by molar-refractivity contribution is 6.85. The molecule has 0 rings (SSSR count). The van der Waals surface area contributed by atoms with Crippen molar-refractivity contribution in [2.45, 2.75) is 83.5 Å². The van der Waals surface area contributed by atoms with Gasteiger partial charge in [-0.3, -0.25) is 0 Å². The molecule has 0 aliphatic rings. The molecule has 0 saturated carbocycles. The molecule has 23 heavy (non-hydrogen) atoms. The van der Waals surface area contributed by atoms with Gasteiger partial charge in [0.1, 0.15) is 8.07 Å². The van der Waals surface area contributed by atoms with Gasteiger partial charge in [-0.2, -0.15) is 13.2 Å². The predicted molar refractivity (Wildman–Crippen MR) is 99.2 cm³/mol. The molecule has 1 unspecified atom stereocenters. The Morgan fingerprint density at radius 3 is 1.70 bits per heavy atom. The van der Waals surface area contributed by atoms with Gasteiger partial charge in [0, 0.05) is 6.42 Å². The third-order valence-electron chi connectivity index (χ3n) is 3.91. The first kappa shape index (κ1) is 22.9. The summed E-state index contributed by atoms with van der Waals surface area (Å²) in [6.07, 6.45) is -5.03. The molecule has 2 nitrogen and oxygen atoms in total. The molecule has 8 heteroatoms. The highest BCUT2D eigenvalue weighted by atomic mass is 28.4. The molecule has 0 fully saturated rings. The monoisotopic (exact) mass is 386 g/mol. The van der Waals surface area contributed by atoms with E-state index >= 15 is 0 Å². The molecule has 0 N–H and O–H groups in total. The Hall–Kier alpha value is -0.0594. The molecule has 0 heterocycles. The summed E-state index contributed by atoms with van der Waals surface area (Å²) in [5, 5.41) is -0.0354. The van der Waals surface area contributed by atoms with Crippen molar-refractivity contribution < 1.29 is 22.0 Å². The molecule has 0 aliphatic carbocycles. The van der Waals surface area contributed by atoms with E-state index in [1.54, 1.807) is 0 Å². The maximum atomic E-state index is 12.8. The smallest absolute Gasteiger partial charge is 0.388 e. The average molecular weight is 387 g/mol. The fourth-order valence-electron chi connectivity index (χ4n) is 2.15. The molecule has 0 amide bonds. The van der Waals surface area contributed by atoms with Gasteiger partial charge in [-0.1, -0.05) is 26.2 Å². The lowest BCUT2D eigenvalue weighted by atomic mass is 10.5. The molecule has 138 valence electrons. The summed E-state index contributed by atoms with van der Waals surface area (Å²) in [6.45, 7) is 22.0. The molecule has 0 aromatic heterocycles. The normalized spacial score (nSPS) is 16.9. The van der Waals surface area contributed by atoms with Gasteiger partial charge in [0.15, 0.2) is 8.32 Å². The zero-order valence-corrected chi connectivity index (χ0v) is 19.1. The summed E-state index contributed by atoms with van der Waals surface area (Å²) in [6, 6.07) is -0.0164. The van der Waals surface area contributed by atoms with Crippen LogP contribution in [-0.4, -0.2) is 36.1 Å². The highest BCUT2D eigenvalue weighted by Crippen LogP contribution is 2.38. The van der Waals surface area contributed by atoms with Crippen molar-refractivity contribution in [1.82, 2.24) is 0 Å². The van der Waals surface area contributed by atoms with Crippen LogP contribution >= 0.6 is 0 Å². The third kappa shape index (κ3) is 8.04. The van der Waals surface area contributed by atoms with Crippen molar-refractivity contribution in [2.24, 2.45) is 0 Å². The number of hydrogen-bond acceptors (Lipinski definition) is 2. The number of halogens is 3. The average Bonchev–Trinajstić information content (AvgIpc) is 2.20. The van der Waals surface area contributed by atoms with Crippen LogP contribution in [0.4, 0.5) is 13.2 Å². The molecule has 0 aliphatic heterocycles. The first-order valence-electron chi connectivity index (χ1n) is 7.94. The van der Waals surface area contributed by atoms with Crippen LogP contribution in [0.3, 0.4) is 0 Å². The summed E-state index contributed by atoms with van der Waals surface area (Å²) in [7, 11) is -6.55. The van der Waals surface area contributed by atoms with Gasteiger partial charge >= 0.3 is 6.18 Å². The lowest BCUT2D eigenvalue weighted by molar-refractivity contribution is -0.131. The van der Waals surface area contributed by atoms with Crippen LogP contribution < -0.4 is 0 Å². The maximum Gasteiger partial charge on any atom is 0.388 e. The Kier molecular flexibility index (Phi) is 7.03. The zero-order chi connectivity index (χ0) is 18.9.